The van der Waals surface area contributed by atoms with Crippen molar-refractivity contribution in [1.29, 1.82) is 0 Å². The Morgan fingerprint density at radius 1 is 1.44 bits per heavy atom. The minimum atomic E-state index is -1.04. The third kappa shape index (κ3) is 2.84. The van der Waals surface area contributed by atoms with E-state index in [-0.39, 0.29) is 10.8 Å². The van der Waals surface area contributed by atoms with Crippen molar-refractivity contribution in [3.63, 3.8) is 0 Å². The predicted octanol–water partition coefficient (Wildman–Crippen LogP) is 1.59. The van der Waals surface area contributed by atoms with Gasteiger partial charge in [-0.15, -0.1) is 17.8 Å². The third-order valence-electron chi connectivity index (χ3n) is 1.83. The Morgan fingerprint density at radius 3 is 2.44 bits per heavy atom. The molecule has 16 heavy (non-hydrogen) atoms. The number of hydrogen-bond donors (Lipinski definition) is 2. The van der Waals surface area contributed by atoms with E-state index in [1.165, 1.54) is 12.1 Å². The van der Waals surface area contributed by atoms with Crippen LogP contribution in [0, 0.1) is 12.3 Å². The Balaban J connectivity index is 2.82. The Bertz CT molecular complexity index is 468. The molecule has 1 rings (SSSR count). The summed E-state index contributed by atoms with van der Waals surface area (Å²) in [6, 6.07) is 2.86. The molecule has 0 unspecified atom stereocenters. The van der Waals surface area contributed by atoms with E-state index < -0.39 is 11.5 Å². The van der Waals surface area contributed by atoms with Gasteiger partial charge in [-0.25, -0.2) is 4.79 Å². The van der Waals surface area contributed by atoms with Crippen molar-refractivity contribution in [2.24, 2.45) is 0 Å². The van der Waals surface area contributed by atoms with Gasteiger partial charge in [0.2, 0.25) is 0 Å². The molecule has 0 aliphatic heterocycles. The fourth-order valence-electron chi connectivity index (χ4n) is 0.956. The first-order chi connectivity index (χ1) is 7.35. The third-order valence-corrected chi connectivity index (χ3v) is 2.90. The van der Waals surface area contributed by atoms with Crippen LogP contribution in [0.5, 0.6) is 0 Å². The van der Waals surface area contributed by atoms with Crippen LogP contribution >= 0.6 is 11.3 Å². The van der Waals surface area contributed by atoms with Crippen molar-refractivity contribution in [2.45, 2.75) is 19.4 Å². The molecule has 1 aromatic heterocycles. The van der Waals surface area contributed by atoms with Crippen LogP contribution in [0.4, 0.5) is 0 Å². The second-order valence-electron chi connectivity index (χ2n) is 3.69. The van der Waals surface area contributed by atoms with Gasteiger partial charge in [0.05, 0.1) is 10.4 Å². The molecule has 5 heteroatoms. The summed E-state index contributed by atoms with van der Waals surface area (Å²) in [5.74, 6) is 1.03. The molecule has 1 aromatic rings. The quantitative estimate of drug-likeness (QED) is 0.784. The molecule has 0 saturated heterocycles. The Kier molecular flexibility index (Phi) is 3.35. The van der Waals surface area contributed by atoms with Crippen molar-refractivity contribution >= 4 is 23.2 Å². The SMILES string of the molecule is C#CC(C)(C)NC(=O)c1ccc(C(=O)O)s1. The monoisotopic (exact) mass is 237 g/mol. The number of hydrogen-bond acceptors (Lipinski definition) is 3. The molecule has 84 valence electrons. The molecule has 0 fully saturated rings. The summed E-state index contributed by atoms with van der Waals surface area (Å²) >= 11 is 0.920. The summed E-state index contributed by atoms with van der Waals surface area (Å²) in [7, 11) is 0. The molecule has 0 aromatic carbocycles. The average molecular weight is 237 g/mol. The van der Waals surface area contributed by atoms with Gasteiger partial charge in [0.1, 0.15) is 4.88 Å². The van der Waals surface area contributed by atoms with E-state index in [9.17, 15) is 9.59 Å². The molecule has 0 radical (unpaired) electrons. The number of carbonyl (C=O) groups is 2. The van der Waals surface area contributed by atoms with Crippen LogP contribution in [0.1, 0.15) is 33.2 Å². The van der Waals surface area contributed by atoms with Crippen LogP contribution in [0.3, 0.4) is 0 Å². The lowest BCUT2D eigenvalue weighted by atomic mass is 10.1. The number of nitrogens with one attached hydrogen (secondary N) is 1. The lowest BCUT2D eigenvalue weighted by Crippen LogP contribution is -2.41. The van der Waals surface area contributed by atoms with E-state index in [2.05, 4.69) is 11.2 Å². The van der Waals surface area contributed by atoms with Gasteiger partial charge in [-0.05, 0) is 26.0 Å². The maximum absolute atomic E-state index is 11.7. The molecule has 1 heterocycles. The molecule has 0 bridgehead atoms. The minimum Gasteiger partial charge on any atom is -0.477 e. The summed E-state index contributed by atoms with van der Waals surface area (Å²) in [4.78, 5) is 22.8. The number of carbonyl (C=O) groups excluding carboxylic acids is 1. The average Bonchev–Trinajstić information content (AvgIpc) is 2.66. The molecule has 1 amide bonds. The van der Waals surface area contributed by atoms with Crippen molar-refractivity contribution in [3.05, 3.63) is 21.9 Å². The second kappa shape index (κ2) is 4.37. The summed E-state index contributed by atoms with van der Waals surface area (Å²) < 4.78 is 0. The van der Waals surface area contributed by atoms with E-state index >= 15 is 0 Å². The molecule has 0 atom stereocenters. The number of carboxylic acid groups (broad SMARTS) is 1. The van der Waals surface area contributed by atoms with Crippen LogP contribution < -0.4 is 5.32 Å². The van der Waals surface area contributed by atoms with E-state index in [0.717, 1.165) is 11.3 Å². The Labute approximate surface area is 97.3 Å². The molecule has 4 nitrogen and oxygen atoms in total. The van der Waals surface area contributed by atoms with E-state index in [0.29, 0.717) is 4.88 Å². The van der Waals surface area contributed by atoms with Crippen LogP contribution in [-0.2, 0) is 0 Å². The first kappa shape index (κ1) is 12.3. The highest BCUT2D eigenvalue weighted by atomic mass is 32.1. The first-order valence-corrected chi connectivity index (χ1v) is 5.31. The number of terminal acetylenes is 1. The van der Waals surface area contributed by atoms with Gasteiger partial charge in [-0.3, -0.25) is 4.79 Å². The zero-order chi connectivity index (χ0) is 12.3. The van der Waals surface area contributed by atoms with E-state index in [1.54, 1.807) is 13.8 Å². The maximum atomic E-state index is 11.7. The van der Waals surface area contributed by atoms with E-state index in [4.69, 9.17) is 11.5 Å². The van der Waals surface area contributed by atoms with Gasteiger partial charge < -0.3 is 10.4 Å². The summed E-state index contributed by atoms with van der Waals surface area (Å²) in [6.07, 6.45) is 5.23. The largest absolute Gasteiger partial charge is 0.477 e. The smallest absolute Gasteiger partial charge is 0.345 e. The first-order valence-electron chi connectivity index (χ1n) is 4.49. The number of amides is 1. The lowest BCUT2D eigenvalue weighted by molar-refractivity contribution is 0.0702. The van der Waals surface area contributed by atoms with Crippen LogP contribution in [-0.4, -0.2) is 22.5 Å². The highest BCUT2D eigenvalue weighted by Crippen LogP contribution is 2.17. The zero-order valence-electron chi connectivity index (χ0n) is 8.90. The molecular weight excluding hydrogens is 226 g/mol. The van der Waals surface area contributed by atoms with Crippen molar-refractivity contribution in [2.75, 3.05) is 0 Å². The molecule has 2 N–H and O–H groups in total. The lowest BCUT2D eigenvalue weighted by Gasteiger charge is -2.18. The van der Waals surface area contributed by atoms with Crippen molar-refractivity contribution in [1.82, 2.24) is 5.32 Å². The zero-order valence-corrected chi connectivity index (χ0v) is 9.72. The topological polar surface area (TPSA) is 66.4 Å². The van der Waals surface area contributed by atoms with Gasteiger partial charge >= 0.3 is 5.97 Å². The van der Waals surface area contributed by atoms with Gasteiger partial charge in [-0.1, -0.05) is 5.92 Å². The van der Waals surface area contributed by atoms with Crippen molar-refractivity contribution < 1.29 is 14.7 Å². The number of thiophene rings is 1. The molecule has 0 saturated carbocycles. The summed E-state index contributed by atoms with van der Waals surface area (Å²) in [5.41, 5.74) is -0.746. The minimum absolute atomic E-state index is 0.128. The van der Waals surface area contributed by atoms with Gasteiger partial charge in [0.25, 0.3) is 5.91 Å². The Morgan fingerprint density at radius 2 is 2.00 bits per heavy atom. The second-order valence-corrected chi connectivity index (χ2v) is 4.78. The van der Waals surface area contributed by atoms with Gasteiger partial charge in [0.15, 0.2) is 0 Å². The fraction of sp³-hybridized carbons (Fsp3) is 0.273. The molecule has 0 aliphatic carbocycles. The maximum Gasteiger partial charge on any atom is 0.345 e. The molecule has 0 aliphatic rings. The van der Waals surface area contributed by atoms with Crippen molar-refractivity contribution in [3.8, 4) is 12.3 Å². The Hall–Kier alpha value is -1.80. The van der Waals surface area contributed by atoms with E-state index in [1.807, 2.05) is 0 Å². The summed E-state index contributed by atoms with van der Waals surface area (Å²) in [6.45, 7) is 3.38. The van der Waals surface area contributed by atoms with Crippen LogP contribution in [0.15, 0.2) is 12.1 Å². The molecular formula is C11H11NO3S. The number of aromatic carboxylic acids is 1. The summed E-state index contributed by atoms with van der Waals surface area (Å²) in [5, 5.41) is 11.3. The molecule has 0 spiro atoms. The number of carboxylic acids is 1. The van der Waals surface area contributed by atoms with Gasteiger partial charge in [-0.2, -0.15) is 0 Å². The highest BCUT2D eigenvalue weighted by molar-refractivity contribution is 7.15. The van der Waals surface area contributed by atoms with Crippen LogP contribution in [0.2, 0.25) is 0 Å². The number of rotatable bonds is 3. The normalized spacial score (nSPS) is 10.6. The van der Waals surface area contributed by atoms with Crippen LogP contribution in [0.25, 0.3) is 0 Å². The standard InChI is InChI=1S/C11H11NO3S/c1-4-11(2,3)12-9(13)7-5-6-8(16-7)10(14)15/h1,5-6H,2-3H3,(H,12,13)(H,14,15). The fourth-order valence-corrected chi connectivity index (χ4v) is 1.70. The van der Waals surface area contributed by atoms with Gasteiger partial charge in [0, 0.05) is 0 Å². The highest BCUT2D eigenvalue weighted by Gasteiger charge is 2.20. The predicted molar refractivity (Wildman–Crippen MR) is 61.7 cm³/mol.